The summed E-state index contributed by atoms with van der Waals surface area (Å²) in [4.78, 5) is 12.5. The van der Waals surface area contributed by atoms with Gasteiger partial charge in [0.15, 0.2) is 0 Å². The van der Waals surface area contributed by atoms with Crippen LogP contribution in [0.25, 0.3) is 0 Å². The lowest BCUT2D eigenvalue weighted by atomic mass is 9.99. The molecule has 0 bridgehead atoms. The first-order chi connectivity index (χ1) is 24.5. The molecule has 298 valence electrons. The smallest absolute Gasteiger partial charge is 0.249 e. The highest BCUT2D eigenvalue weighted by molar-refractivity contribution is 5.80. The molecule has 0 aliphatic heterocycles. The number of hydrogen-bond acceptors (Lipinski definition) is 5. The van der Waals surface area contributed by atoms with Gasteiger partial charge < -0.3 is 25.7 Å². The maximum absolute atomic E-state index is 12.5. The number of amides is 1. The quantitative estimate of drug-likeness (QED) is 0.0321. The number of aliphatic hydroxyl groups is 4. The molecule has 0 radical (unpaired) electrons. The van der Waals surface area contributed by atoms with Crippen molar-refractivity contribution in [3.63, 3.8) is 0 Å². The molecule has 0 aliphatic carbocycles. The van der Waals surface area contributed by atoms with Gasteiger partial charge in [-0.2, -0.15) is 0 Å². The van der Waals surface area contributed by atoms with Gasteiger partial charge in [0.2, 0.25) is 5.91 Å². The molecule has 0 aromatic carbocycles. The molecule has 0 rings (SSSR count). The number of rotatable bonds is 40. The van der Waals surface area contributed by atoms with Gasteiger partial charge in [-0.1, -0.05) is 206 Å². The molecule has 5 N–H and O–H groups in total. The predicted molar refractivity (Wildman–Crippen MR) is 215 cm³/mol. The van der Waals surface area contributed by atoms with Crippen molar-refractivity contribution >= 4 is 5.91 Å². The number of allylic oxidation sites excluding steroid dienone is 2. The van der Waals surface area contributed by atoms with Crippen molar-refractivity contribution in [2.24, 2.45) is 0 Å². The van der Waals surface area contributed by atoms with Gasteiger partial charge in [0.05, 0.1) is 18.8 Å². The average molecular weight is 710 g/mol. The summed E-state index contributed by atoms with van der Waals surface area (Å²) in [5, 5.41) is 43.6. The van der Waals surface area contributed by atoms with E-state index < -0.39 is 36.9 Å². The second-order valence-electron chi connectivity index (χ2n) is 15.4. The Morgan fingerprint density at radius 2 is 0.800 bits per heavy atom. The topological polar surface area (TPSA) is 110 Å². The zero-order valence-electron chi connectivity index (χ0n) is 33.4. The molecule has 0 spiro atoms. The van der Waals surface area contributed by atoms with Gasteiger partial charge in [-0.15, -0.1) is 0 Å². The fourth-order valence-electron chi connectivity index (χ4n) is 6.93. The van der Waals surface area contributed by atoms with Crippen LogP contribution >= 0.6 is 0 Å². The summed E-state index contributed by atoms with van der Waals surface area (Å²) in [6.45, 7) is 4.04. The van der Waals surface area contributed by atoms with Crippen molar-refractivity contribution in [2.45, 2.75) is 257 Å². The fourth-order valence-corrected chi connectivity index (χ4v) is 6.93. The van der Waals surface area contributed by atoms with Crippen molar-refractivity contribution in [2.75, 3.05) is 6.61 Å². The number of hydrogen-bond donors (Lipinski definition) is 5. The Kier molecular flexibility index (Phi) is 38.5. The number of carbonyl (C=O) groups excluding carboxylic acids is 1. The SMILES string of the molecule is CCCCCCCCCCCCCC/C=C\CCCCCCCCCC(O)C(=O)NC(CO)C(O)C(O)CCCCCCCCCCCCC. The largest absolute Gasteiger partial charge is 0.394 e. The molecule has 0 aromatic heterocycles. The summed E-state index contributed by atoms with van der Waals surface area (Å²) >= 11 is 0. The van der Waals surface area contributed by atoms with Crippen LogP contribution in [0.5, 0.6) is 0 Å². The summed E-state index contributed by atoms with van der Waals surface area (Å²) in [7, 11) is 0. The standard InChI is InChI=1S/C44H87NO5/c1-3-5-7-9-11-13-15-16-17-18-19-20-21-22-23-24-25-26-28-30-32-34-36-38-42(48)44(50)45-40(39-46)43(49)41(47)37-35-33-31-29-27-14-12-10-8-6-4-2/h22-23,40-43,46-49H,3-21,24-39H2,1-2H3,(H,45,50)/b23-22-. The summed E-state index contributed by atoms with van der Waals surface area (Å²) < 4.78 is 0. The van der Waals surface area contributed by atoms with Crippen LogP contribution in [-0.4, -0.2) is 57.3 Å². The molecular weight excluding hydrogens is 622 g/mol. The Labute approximate surface area is 311 Å². The Morgan fingerprint density at radius 1 is 0.480 bits per heavy atom. The highest BCUT2D eigenvalue weighted by atomic mass is 16.3. The number of unbranched alkanes of at least 4 members (excludes halogenated alkanes) is 29. The molecule has 6 nitrogen and oxygen atoms in total. The van der Waals surface area contributed by atoms with E-state index in [2.05, 4.69) is 31.3 Å². The predicted octanol–water partition coefficient (Wildman–Crippen LogP) is 11.4. The molecule has 0 fully saturated rings. The van der Waals surface area contributed by atoms with Crippen molar-refractivity contribution in [1.29, 1.82) is 0 Å². The van der Waals surface area contributed by atoms with E-state index in [0.29, 0.717) is 12.8 Å². The van der Waals surface area contributed by atoms with Crippen molar-refractivity contribution in [1.82, 2.24) is 5.32 Å². The zero-order valence-corrected chi connectivity index (χ0v) is 33.4. The third-order valence-electron chi connectivity index (χ3n) is 10.5. The number of carbonyl (C=O) groups is 1. The summed E-state index contributed by atoms with van der Waals surface area (Å²) in [6, 6.07) is -0.982. The van der Waals surface area contributed by atoms with E-state index in [-0.39, 0.29) is 0 Å². The third-order valence-corrected chi connectivity index (χ3v) is 10.5. The molecule has 1 amide bonds. The normalized spacial score (nSPS) is 14.3. The summed E-state index contributed by atoms with van der Waals surface area (Å²) in [5.41, 5.74) is 0. The minimum absolute atomic E-state index is 0.366. The Bertz CT molecular complexity index is 717. The molecule has 50 heavy (non-hydrogen) atoms. The molecule has 0 saturated heterocycles. The first kappa shape index (κ1) is 49.0. The van der Waals surface area contributed by atoms with Crippen molar-refractivity contribution < 1.29 is 25.2 Å². The van der Waals surface area contributed by atoms with Gasteiger partial charge in [0.1, 0.15) is 12.2 Å². The molecule has 0 heterocycles. The lowest BCUT2D eigenvalue weighted by molar-refractivity contribution is -0.132. The maximum atomic E-state index is 12.5. The second-order valence-corrected chi connectivity index (χ2v) is 15.4. The Hall–Kier alpha value is -0.950. The van der Waals surface area contributed by atoms with E-state index >= 15 is 0 Å². The van der Waals surface area contributed by atoms with Gasteiger partial charge in [0, 0.05) is 0 Å². The lowest BCUT2D eigenvalue weighted by Gasteiger charge is -2.27. The van der Waals surface area contributed by atoms with E-state index in [9.17, 15) is 25.2 Å². The lowest BCUT2D eigenvalue weighted by Crippen LogP contribution is -2.53. The molecule has 4 unspecified atom stereocenters. The average Bonchev–Trinajstić information content (AvgIpc) is 3.12. The van der Waals surface area contributed by atoms with Crippen LogP contribution in [0.2, 0.25) is 0 Å². The van der Waals surface area contributed by atoms with Crippen LogP contribution in [0.3, 0.4) is 0 Å². The molecule has 4 atom stereocenters. The first-order valence-electron chi connectivity index (χ1n) is 22.1. The molecule has 0 aromatic rings. The number of nitrogens with one attached hydrogen (secondary N) is 1. The molecular formula is C44H87NO5. The van der Waals surface area contributed by atoms with Crippen molar-refractivity contribution in [3.8, 4) is 0 Å². The van der Waals surface area contributed by atoms with Crippen LogP contribution in [0, 0.1) is 0 Å². The second kappa shape index (κ2) is 39.3. The van der Waals surface area contributed by atoms with Gasteiger partial charge in [-0.3, -0.25) is 4.79 Å². The summed E-state index contributed by atoms with van der Waals surface area (Å²) in [6.07, 6.45) is 42.5. The van der Waals surface area contributed by atoms with Crippen LogP contribution in [0.15, 0.2) is 12.2 Å². The highest BCUT2D eigenvalue weighted by Crippen LogP contribution is 2.16. The third kappa shape index (κ3) is 32.9. The van der Waals surface area contributed by atoms with E-state index in [1.165, 1.54) is 167 Å². The van der Waals surface area contributed by atoms with E-state index in [0.717, 1.165) is 38.5 Å². The zero-order chi connectivity index (χ0) is 36.8. The van der Waals surface area contributed by atoms with Crippen molar-refractivity contribution in [3.05, 3.63) is 12.2 Å². The van der Waals surface area contributed by atoms with E-state index in [4.69, 9.17) is 0 Å². The maximum Gasteiger partial charge on any atom is 0.249 e. The van der Waals surface area contributed by atoms with Crippen LogP contribution in [0.4, 0.5) is 0 Å². The van der Waals surface area contributed by atoms with E-state index in [1.807, 2.05) is 0 Å². The first-order valence-corrected chi connectivity index (χ1v) is 22.1. The Balaban J connectivity index is 3.68. The Morgan fingerprint density at radius 3 is 1.16 bits per heavy atom. The van der Waals surface area contributed by atoms with Gasteiger partial charge >= 0.3 is 0 Å². The highest BCUT2D eigenvalue weighted by Gasteiger charge is 2.28. The minimum atomic E-state index is -1.26. The minimum Gasteiger partial charge on any atom is -0.394 e. The van der Waals surface area contributed by atoms with Crippen LogP contribution < -0.4 is 5.32 Å². The monoisotopic (exact) mass is 710 g/mol. The van der Waals surface area contributed by atoms with Crippen LogP contribution in [-0.2, 0) is 4.79 Å². The van der Waals surface area contributed by atoms with Crippen LogP contribution in [0.1, 0.15) is 232 Å². The van der Waals surface area contributed by atoms with Gasteiger partial charge in [-0.25, -0.2) is 0 Å². The van der Waals surface area contributed by atoms with E-state index in [1.54, 1.807) is 0 Å². The summed E-state index contributed by atoms with van der Waals surface area (Å²) in [5.74, 6) is -0.586. The molecule has 0 saturated carbocycles. The molecule has 0 aliphatic rings. The van der Waals surface area contributed by atoms with Gasteiger partial charge in [-0.05, 0) is 38.5 Å². The number of aliphatic hydroxyl groups excluding tert-OH is 4. The fraction of sp³-hybridized carbons (Fsp3) is 0.932. The van der Waals surface area contributed by atoms with Gasteiger partial charge in [0.25, 0.3) is 0 Å². The molecule has 6 heteroatoms.